The fraction of sp³-hybridized carbons (Fsp3) is 0.615. The molecule has 2 heterocycles. The minimum Gasteiger partial charge on any atom is -0.619 e. The zero-order valence-electron chi connectivity index (χ0n) is 11.2. The summed E-state index contributed by atoms with van der Waals surface area (Å²) in [6.07, 6.45) is 2.89. The standard InChI is InChI=1S/C8H18N2.C5H5NO/c1-7(2)5-9-6-8(3,4)10-7;7-6-4-2-1-3-5-6/h9-10H,5-6H2,1-4H3;1-5H. The summed E-state index contributed by atoms with van der Waals surface area (Å²) < 4.78 is 0.750. The molecule has 0 aromatic carbocycles. The molecule has 1 aliphatic heterocycles. The topological polar surface area (TPSA) is 51.0 Å². The highest BCUT2D eigenvalue weighted by atomic mass is 16.5. The Labute approximate surface area is 104 Å². The van der Waals surface area contributed by atoms with Crippen molar-refractivity contribution in [3.05, 3.63) is 35.8 Å². The fourth-order valence-electron chi connectivity index (χ4n) is 2.07. The van der Waals surface area contributed by atoms with E-state index in [-0.39, 0.29) is 11.1 Å². The van der Waals surface area contributed by atoms with E-state index in [2.05, 4.69) is 38.3 Å². The molecule has 1 fully saturated rings. The van der Waals surface area contributed by atoms with E-state index in [0.717, 1.165) is 17.8 Å². The van der Waals surface area contributed by atoms with Gasteiger partial charge in [-0.3, -0.25) is 0 Å². The molecule has 17 heavy (non-hydrogen) atoms. The van der Waals surface area contributed by atoms with Gasteiger partial charge in [0.05, 0.1) is 0 Å². The van der Waals surface area contributed by atoms with Crippen LogP contribution in [-0.2, 0) is 0 Å². The molecule has 0 amide bonds. The van der Waals surface area contributed by atoms with Gasteiger partial charge in [0.25, 0.3) is 0 Å². The van der Waals surface area contributed by atoms with Crippen LogP contribution in [0.3, 0.4) is 0 Å². The second-order valence-electron chi connectivity index (χ2n) is 5.73. The van der Waals surface area contributed by atoms with E-state index in [0.29, 0.717) is 0 Å². The van der Waals surface area contributed by atoms with E-state index < -0.39 is 0 Å². The molecule has 4 heteroatoms. The van der Waals surface area contributed by atoms with E-state index in [1.54, 1.807) is 18.2 Å². The average Bonchev–Trinajstić information content (AvgIpc) is 2.15. The van der Waals surface area contributed by atoms with Crippen LogP contribution in [-0.4, -0.2) is 24.2 Å². The zero-order chi connectivity index (χ0) is 12.9. The van der Waals surface area contributed by atoms with Crippen molar-refractivity contribution in [3.8, 4) is 0 Å². The molecule has 96 valence electrons. The number of rotatable bonds is 0. The van der Waals surface area contributed by atoms with Gasteiger partial charge >= 0.3 is 0 Å². The number of piperazine rings is 1. The lowest BCUT2D eigenvalue weighted by molar-refractivity contribution is -0.605. The summed E-state index contributed by atoms with van der Waals surface area (Å²) in [4.78, 5) is 0. The summed E-state index contributed by atoms with van der Waals surface area (Å²) in [7, 11) is 0. The molecule has 0 atom stereocenters. The van der Waals surface area contributed by atoms with Crippen LogP contribution in [0.4, 0.5) is 0 Å². The second kappa shape index (κ2) is 5.47. The van der Waals surface area contributed by atoms with Gasteiger partial charge < -0.3 is 15.8 Å². The van der Waals surface area contributed by atoms with Crippen LogP contribution in [0, 0.1) is 5.21 Å². The fourth-order valence-corrected chi connectivity index (χ4v) is 2.07. The summed E-state index contributed by atoms with van der Waals surface area (Å²) >= 11 is 0. The first-order valence-corrected chi connectivity index (χ1v) is 5.95. The predicted octanol–water partition coefficient (Wildman–Crippen LogP) is 1.06. The van der Waals surface area contributed by atoms with Crippen molar-refractivity contribution in [3.63, 3.8) is 0 Å². The summed E-state index contributed by atoms with van der Waals surface area (Å²) in [5.41, 5.74) is 0.503. The van der Waals surface area contributed by atoms with E-state index in [9.17, 15) is 5.21 Å². The van der Waals surface area contributed by atoms with Crippen LogP contribution in [0.5, 0.6) is 0 Å². The third-order valence-corrected chi connectivity index (χ3v) is 2.50. The third-order valence-electron chi connectivity index (χ3n) is 2.50. The molecule has 0 spiro atoms. The van der Waals surface area contributed by atoms with Crippen LogP contribution in [0.2, 0.25) is 0 Å². The molecule has 1 saturated heterocycles. The second-order valence-corrected chi connectivity index (χ2v) is 5.73. The van der Waals surface area contributed by atoms with Gasteiger partial charge in [0.1, 0.15) is 0 Å². The predicted molar refractivity (Wildman–Crippen MR) is 69.6 cm³/mol. The quantitative estimate of drug-likeness (QED) is 0.524. The van der Waals surface area contributed by atoms with Crippen molar-refractivity contribution in [2.75, 3.05) is 13.1 Å². The Morgan fingerprint density at radius 2 is 1.41 bits per heavy atom. The van der Waals surface area contributed by atoms with Crippen LogP contribution >= 0.6 is 0 Å². The highest BCUT2D eigenvalue weighted by Gasteiger charge is 2.31. The maximum absolute atomic E-state index is 10.2. The summed E-state index contributed by atoms with van der Waals surface area (Å²) in [5, 5.41) is 17.2. The van der Waals surface area contributed by atoms with E-state index in [1.807, 2.05) is 0 Å². The van der Waals surface area contributed by atoms with Gasteiger partial charge in [-0.05, 0) is 27.7 Å². The van der Waals surface area contributed by atoms with E-state index in [1.165, 1.54) is 12.4 Å². The van der Waals surface area contributed by atoms with Crippen molar-refractivity contribution in [1.29, 1.82) is 0 Å². The van der Waals surface area contributed by atoms with Gasteiger partial charge in [-0.1, -0.05) is 6.07 Å². The summed E-state index contributed by atoms with van der Waals surface area (Å²) in [6.45, 7) is 11.0. The van der Waals surface area contributed by atoms with Crippen molar-refractivity contribution >= 4 is 0 Å². The number of hydrogen-bond acceptors (Lipinski definition) is 3. The molecule has 0 radical (unpaired) electrons. The normalized spacial score (nSPS) is 21.2. The van der Waals surface area contributed by atoms with E-state index in [4.69, 9.17) is 0 Å². The number of hydrogen-bond donors (Lipinski definition) is 2. The summed E-state index contributed by atoms with van der Waals surface area (Å²) in [5.74, 6) is 0. The SMILES string of the molecule is CC1(C)CNCC(C)(C)N1.[O-][n+]1ccccc1. The monoisotopic (exact) mass is 237 g/mol. The average molecular weight is 237 g/mol. The zero-order valence-corrected chi connectivity index (χ0v) is 11.2. The maximum atomic E-state index is 10.2. The molecule has 2 rings (SSSR count). The van der Waals surface area contributed by atoms with Gasteiger partial charge in [-0.15, -0.1) is 0 Å². The Morgan fingerprint density at radius 3 is 1.65 bits per heavy atom. The van der Waals surface area contributed by atoms with Gasteiger partial charge in [-0.2, -0.15) is 4.73 Å². The molecule has 1 aliphatic rings. The van der Waals surface area contributed by atoms with Gasteiger partial charge in [0.2, 0.25) is 0 Å². The van der Waals surface area contributed by atoms with E-state index >= 15 is 0 Å². The minimum atomic E-state index is 0.252. The molecule has 4 nitrogen and oxygen atoms in total. The smallest absolute Gasteiger partial charge is 0.180 e. The minimum absolute atomic E-state index is 0.252. The number of aromatic nitrogens is 1. The Kier molecular flexibility index (Phi) is 4.48. The number of nitrogens with zero attached hydrogens (tertiary/aromatic N) is 1. The molecular weight excluding hydrogens is 214 g/mol. The van der Waals surface area contributed by atoms with Gasteiger partial charge in [-0.25, -0.2) is 0 Å². The van der Waals surface area contributed by atoms with Crippen LogP contribution in [0.25, 0.3) is 0 Å². The molecule has 0 saturated carbocycles. The molecule has 1 aromatic heterocycles. The lowest BCUT2D eigenvalue weighted by atomic mass is 9.93. The van der Waals surface area contributed by atoms with Crippen molar-refractivity contribution in [2.45, 2.75) is 38.8 Å². The van der Waals surface area contributed by atoms with Gasteiger partial charge in [0, 0.05) is 36.3 Å². The highest BCUT2D eigenvalue weighted by molar-refractivity contribution is 4.95. The number of pyridine rings is 1. The maximum Gasteiger partial charge on any atom is 0.180 e. The Balaban J connectivity index is 0.000000181. The molecule has 0 aliphatic carbocycles. The lowest BCUT2D eigenvalue weighted by Gasteiger charge is -2.42. The van der Waals surface area contributed by atoms with Gasteiger partial charge in [0.15, 0.2) is 12.4 Å². The molecular formula is C13H23N3O. The number of nitrogens with one attached hydrogen (secondary N) is 2. The first-order chi connectivity index (χ1) is 7.81. The Morgan fingerprint density at radius 1 is 0.941 bits per heavy atom. The molecule has 0 bridgehead atoms. The highest BCUT2D eigenvalue weighted by Crippen LogP contribution is 2.13. The molecule has 1 aromatic rings. The first-order valence-electron chi connectivity index (χ1n) is 5.95. The lowest BCUT2D eigenvalue weighted by Crippen LogP contribution is -2.65. The first kappa shape index (κ1) is 13.9. The van der Waals surface area contributed by atoms with Crippen LogP contribution in [0.1, 0.15) is 27.7 Å². The van der Waals surface area contributed by atoms with Crippen molar-refractivity contribution in [2.24, 2.45) is 0 Å². The van der Waals surface area contributed by atoms with Crippen LogP contribution < -0.4 is 15.4 Å². The Hall–Kier alpha value is -1.13. The van der Waals surface area contributed by atoms with Crippen molar-refractivity contribution in [1.82, 2.24) is 10.6 Å². The molecule has 2 N–H and O–H groups in total. The third kappa shape index (κ3) is 5.65. The Bertz CT molecular complexity index is 322. The van der Waals surface area contributed by atoms with Crippen molar-refractivity contribution < 1.29 is 4.73 Å². The summed E-state index contributed by atoms with van der Waals surface area (Å²) in [6, 6.07) is 5.18. The largest absolute Gasteiger partial charge is 0.619 e. The molecule has 0 unspecified atom stereocenters. The van der Waals surface area contributed by atoms with Crippen LogP contribution in [0.15, 0.2) is 30.6 Å².